The second-order valence-corrected chi connectivity index (χ2v) is 12.1. The molecule has 0 N–H and O–H groups in total. The Morgan fingerprint density at radius 1 is 0.362 bits per heavy atom. The number of rotatable bonds is 3. The fraction of sp³-hybridized carbons (Fsp3) is 0. The van der Waals surface area contributed by atoms with E-state index in [-0.39, 0.29) is 0 Å². The molecule has 10 aromatic rings. The Bertz CT molecular complexity index is 2900. The van der Waals surface area contributed by atoms with Crippen LogP contribution in [0.3, 0.4) is 0 Å². The maximum absolute atomic E-state index is 9.86. The van der Waals surface area contributed by atoms with Gasteiger partial charge in [-0.05, 0) is 72.8 Å². The second-order valence-electron chi connectivity index (χ2n) is 12.1. The monoisotopic (exact) mass is 598 g/mol. The van der Waals surface area contributed by atoms with Crippen LogP contribution in [-0.2, 0) is 0 Å². The molecule has 4 heteroatoms. The van der Waals surface area contributed by atoms with Gasteiger partial charge in [0.15, 0.2) is 0 Å². The molecule has 0 saturated heterocycles. The van der Waals surface area contributed by atoms with Crippen LogP contribution >= 0.6 is 0 Å². The smallest absolute Gasteiger partial charge is 0.0992 e. The first-order valence-corrected chi connectivity index (χ1v) is 15.8. The summed E-state index contributed by atoms with van der Waals surface area (Å²) < 4.78 is 7.09. The van der Waals surface area contributed by atoms with Crippen LogP contribution in [0.1, 0.15) is 5.56 Å². The Morgan fingerprint density at radius 2 is 0.915 bits per heavy atom. The van der Waals surface area contributed by atoms with Gasteiger partial charge in [-0.15, -0.1) is 0 Å². The second kappa shape index (κ2) is 9.71. The predicted octanol–water partition coefficient (Wildman–Crippen LogP) is 10.8. The molecule has 3 aromatic heterocycles. The molecule has 0 atom stereocenters. The molecule has 0 aliphatic rings. The Labute approximate surface area is 270 Å². The van der Waals surface area contributed by atoms with E-state index in [1.54, 1.807) is 0 Å². The average molecular weight is 599 g/mol. The van der Waals surface area contributed by atoms with Crippen LogP contribution < -0.4 is 0 Å². The summed E-state index contributed by atoms with van der Waals surface area (Å²) in [5.74, 6) is 0. The Hall–Kier alpha value is -6.57. The maximum Gasteiger partial charge on any atom is 0.0992 e. The Kier molecular flexibility index (Phi) is 5.32. The van der Waals surface area contributed by atoms with Crippen LogP contribution in [0.15, 0.2) is 158 Å². The van der Waals surface area contributed by atoms with Crippen LogP contribution in [-0.4, -0.2) is 13.7 Å². The van der Waals surface area contributed by atoms with Crippen molar-refractivity contribution in [3.8, 4) is 23.1 Å². The highest BCUT2D eigenvalue weighted by atomic mass is 15.0. The molecule has 0 aliphatic heterocycles. The van der Waals surface area contributed by atoms with Gasteiger partial charge in [0.2, 0.25) is 0 Å². The molecule has 4 nitrogen and oxygen atoms in total. The first-order valence-electron chi connectivity index (χ1n) is 15.8. The van der Waals surface area contributed by atoms with Crippen LogP contribution in [0.4, 0.5) is 0 Å². The topological polar surface area (TPSA) is 38.6 Å². The van der Waals surface area contributed by atoms with E-state index in [2.05, 4.69) is 159 Å². The van der Waals surface area contributed by atoms with Gasteiger partial charge in [-0.25, -0.2) is 0 Å². The van der Waals surface area contributed by atoms with Crippen molar-refractivity contribution in [2.45, 2.75) is 0 Å². The third kappa shape index (κ3) is 3.57. The summed E-state index contributed by atoms with van der Waals surface area (Å²) >= 11 is 0. The molecule has 0 amide bonds. The maximum atomic E-state index is 9.86. The number of fused-ring (bicyclic) bond motifs is 10. The SMILES string of the molecule is N#Cc1ccc2c3c(ccc4c5ccccc5n(-c5ccc6c(c5)c5ccccc5n6-c5ccccc5)c43)n(-c3ccccc3)c2c1. The van der Waals surface area contributed by atoms with Crippen molar-refractivity contribution in [1.29, 1.82) is 5.26 Å². The summed E-state index contributed by atoms with van der Waals surface area (Å²) in [7, 11) is 0. The van der Waals surface area contributed by atoms with Crippen LogP contribution in [0.2, 0.25) is 0 Å². The number of hydrogen-bond donors (Lipinski definition) is 0. The lowest BCUT2D eigenvalue weighted by molar-refractivity contribution is 1.17. The number of benzene rings is 7. The summed E-state index contributed by atoms with van der Waals surface area (Å²) in [6.07, 6.45) is 0. The van der Waals surface area contributed by atoms with E-state index in [1.165, 1.54) is 43.5 Å². The van der Waals surface area contributed by atoms with Crippen molar-refractivity contribution in [1.82, 2.24) is 13.7 Å². The molecule has 0 fully saturated rings. The molecule has 0 spiro atoms. The standard InChI is InChI=1S/C43H26N4/c44-27-28-19-21-35-41(25-28)46(30-13-5-2-6-14-30)40-24-22-34-32-15-7-10-18-38(32)47(43(34)42(35)40)31-20-23-39-36(26-31)33-16-8-9-17-37(33)45(39)29-11-3-1-4-12-29/h1-26H. The highest BCUT2D eigenvalue weighted by Gasteiger charge is 2.22. The lowest BCUT2D eigenvalue weighted by atomic mass is 10.1. The lowest BCUT2D eigenvalue weighted by Crippen LogP contribution is -1.96. The van der Waals surface area contributed by atoms with Gasteiger partial charge in [-0.1, -0.05) is 84.9 Å². The first kappa shape index (κ1) is 25.7. The zero-order valence-corrected chi connectivity index (χ0v) is 25.3. The summed E-state index contributed by atoms with van der Waals surface area (Å²) in [6.45, 7) is 0. The zero-order valence-electron chi connectivity index (χ0n) is 25.3. The van der Waals surface area contributed by atoms with Crippen LogP contribution in [0.25, 0.3) is 82.5 Å². The first-order chi connectivity index (χ1) is 23.3. The molecule has 10 rings (SSSR count). The van der Waals surface area contributed by atoms with E-state index in [0.717, 1.165) is 39.0 Å². The van der Waals surface area contributed by atoms with Crippen molar-refractivity contribution in [2.24, 2.45) is 0 Å². The van der Waals surface area contributed by atoms with Crippen molar-refractivity contribution >= 4 is 65.4 Å². The average Bonchev–Trinajstić information content (AvgIpc) is 3.77. The molecular formula is C43H26N4. The predicted molar refractivity (Wildman–Crippen MR) is 194 cm³/mol. The molecule has 3 heterocycles. The lowest BCUT2D eigenvalue weighted by Gasteiger charge is -2.11. The summed E-state index contributed by atoms with van der Waals surface area (Å²) in [6, 6.07) is 58.2. The van der Waals surface area contributed by atoms with E-state index < -0.39 is 0 Å². The minimum absolute atomic E-state index is 0.648. The quantitative estimate of drug-likeness (QED) is 0.199. The van der Waals surface area contributed by atoms with Crippen LogP contribution in [0.5, 0.6) is 0 Å². The third-order valence-electron chi connectivity index (χ3n) is 9.64. The fourth-order valence-corrected chi connectivity index (χ4v) is 7.70. The molecule has 0 radical (unpaired) electrons. The van der Waals surface area contributed by atoms with E-state index in [0.29, 0.717) is 5.56 Å². The van der Waals surface area contributed by atoms with Gasteiger partial charge in [-0.3, -0.25) is 0 Å². The molecule has 0 saturated carbocycles. The Morgan fingerprint density at radius 3 is 1.62 bits per heavy atom. The number of para-hydroxylation sites is 4. The van der Waals surface area contributed by atoms with Crippen molar-refractivity contribution in [3.63, 3.8) is 0 Å². The van der Waals surface area contributed by atoms with Gasteiger partial charge in [0, 0.05) is 49.4 Å². The van der Waals surface area contributed by atoms with E-state index >= 15 is 0 Å². The van der Waals surface area contributed by atoms with Gasteiger partial charge in [-0.2, -0.15) is 5.26 Å². The third-order valence-corrected chi connectivity index (χ3v) is 9.64. The molecule has 0 aliphatic carbocycles. The van der Waals surface area contributed by atoms with Gasteiger partial charge < -0.3 is 13.7 Å². The molecule has 47 heavy (non-hydrogen) atoms. The minimum atomic E-state index is 0.648. The van der Waals surface area contributed by atoms with Gasteiger partial charge in [0.1, 0.15) is 0 Å². The Balaban J connectivity index is 1.36. The number of hydrogen-bond acceptors (Lipinski definition) is 1. The van der Waals surface area contributed by atoms with Crippen molar-refractivity contribution < 1.29 is 0 Å². The van der Waals surface area contributed by atoms with Crippen molar-refractivity contribution in [3.05, 3.63) is 163 Å². The van der Waals surface area contributed by atoms with E-state index in [9.17, 15) is 5.26 Å². The van der Waals surface area contributed by atoms with Crippen LogP contribution in [0, 0.1) is 11.3 Å². The fourth-order valence-electron chi connectivity index (χ4n) is 7.70. The molecule has 0 bridgehead atoms. The minimum Gasteiger partial charge on any atom is -0.309 e. The van der Waals surface area contributed by atoms with Crippen molar-refractivity contribution in [2.75, 3.05) is 0 Å². The molecular weight excluding hydrogens is 573 g/mol. The van der Waals surface area contributed by atoms with Gasteiger partial charge in [0.05, 0.1) is 44.7 Å². The van der Waals surface area contributed by atoms with E-state index in [1.807, 2.05) is 18.2 Å². The highest BCUT2D eigenvalue weighted by molar-refractivity contribution is 6.26. The molecule has 7 aromatic carbocycles. The highest BCUT2D eigenvalue weighted by Crippen LogP contribution is 2.43. The van der Waals surface area contributed by atoms with E-state index in [4.69, 9.17) is 0 Å². The summed E-state index contributed by atoms with van der Waals surface area (Å²) in [5.41, 5.74) is 10.8. The summed E-state index contributed by atoms with van der Waals surface area (Å²) in [5, 5.41) is 17.0. The van der Waals surface area contributed by atoms with Gasteiger partial charge >= 0.3 is 0 Å². The number of aromatic nitrogens is 3. The molecule has 0 unspecified atom stereocenters. The largest absolute Gasteiger partial charge is 0.309 e. The number of nitrogens with zero attached hydrogens (tertiary/aromatic N) is 4. The number of nitriles is 1. The normalized spacial score (nSPS) is 11.8. The summed E-state index contributed by atoms with van der Waals surface area (Å²) in [4.78, 5) is 0. The van der Waals surface area contributed by atoms with Gasteiger partial charge in [0.25, 0.3) is 0 Å². The zero-order chi connectivity index (χ0) is 31.1. The molecule has 218 valence electrons.